The number of aromatic nitrogens is 2. The number of hydrogen-bond donors (Lipinski definition) is 0. The van der Waals surface area contributed by atoms with Crippen LogP contribution in [0, 0.1) is 11.8 Å². The maximum absolute atomic E-state index is 11.9. The van der Waals surface area contributed by atoms with E-state index in [2.05, 4.69) is 11.8 Å². The Balaban J connectivity index is 1.49. The molecule has 220 valence electrons. The number of methoxy groups -OCH3 is 3. The lowest BCUT2D eigenvalue weighted by molar-refractivity contribution is 0.0600. The summed E-state index contributed by atoms with van der Waals surface area (Å²) in [5.41, 5.74) is 5.49. The highest BCUT2D eigenvalue weighted by atomic mass is 35.5. The van der Waals surface area contributed by atoms with Gasteiger partial charge in [-0.3, -0.25) is 0 Å². The molecule has 1 aromatic heterocycles. The highest BCUT2D eigenvalue weighted by Crippen LogP contribution is 2.31. The Kier molecular flexibility index (Phi) is 9.71. The summed E-state index contributed by atoms with van der Waals surface area (Å²) in [6.07, 6.45) is 5.81. The third kappa shape index (κ3) is 7.33. The molecule has 0 radical (unpaired) electrons. The predicted octanol–water partition coefficient (Wildman–Crippen LogP) is 8.28. The van der Waals surface area contributed by atoms with Crippen molar-refractivity contribution in [2.24, 2.45) is 0 Å². The number of ether oxygens (including phenoxy) is 3. The first kappa shape index (κ1) is 30.5. The Morgan fingerprint density at radius 1 is 0.841 bits per heavy atom. The maximum Gasteiger partial charge on any atom is 0.337 e. The molecular weight excluding hydrogens is 595 g/mol. The zero-order valence-electron chi connectivity index (χ0n) is 24.3. The molecule has 44 heavy (non-hydrogen) atoms. The molecular formula is C36H28Cl2N2O4. The molecule has 0 saturated carbocycles. The van der Waals surface area contributed by atoms with Gasteiger partial charge in [0.05, 0.1) is 37.6 Å². The first-order valence-corrected chi connectivity index (χ1v) is 14.3. The fourth-order valence-corrected chi connectivity index (χ4v) is 5.01. The lowest BCUT2D eigenvalue weighted by Crippen LogP contribution is -2.03. The van der Waals surface area contributed by atoms with Crippen molar-refractivity contribution in [2.45, 2.75) is 6.54 Å². The van der Waals surface area contributed by atoms with Gasteiger partial charge in [0.2, 0.25) is 0 Å². The van der Waals surface area contributed by atoms with Crippen LogP contribution in [0.5, 0.6) is 11.5 Å². The molecule has 8 heteroatoms. The van der Waals surface area contributed by atoms with Gasteiger partial charge in [-0.15, -0.1) is 0 Å². The molecule has 0 aliphatic rings. The Bertz CT molecular complexity index is 1880. The monoisotopic (exact) mass is 622 g/mol. The van der Waals surface area contributed by atoms with Crippen LogP contribution in [0.2, 0.25) is 10.0 Å². The smallest absolute Gasteiger partial charge is 0.337 e. The van der Waals surface area contributed by atoms with Crippen molar-refractivity contribution in [1.82, 2.24) is 9.55 Å². The number of imidazole rings is 1. The number of nitrogens with zero attached hydrogens (tertiary/aromatic N) is 2. The van der Waals surface area contributed by atoms with Gasteiger partial charge in [-0.05, 0) is 90.5 Å². The van der Waals surface area contributed by atoms with Gasteiger partial charge in [0.25, 0.3) is 0 Å². The van der Waals surface area contributed by atoms with E-state index in [9.17, 15) is 4.79 Å². The van der Waals surface area contributed by atoms with Gasteiger partial charge in [0.1, 0.15) is 17.3 Å². The minimum Gasteiger partial charge on any atom is -0.497 e. The van der Waals surface area contributed by atoms with E-state index in [1.807, 2.05) is 83.6 Å². The van der Waals surface area contributed by atoms with Crippen molar-refractivity contribution in [1.29, 1.82) is 0 Å². The summed E-state index contributed by atoms with van der Waals surface area (Å²) in [5, 5.41) is 1.05. The van der Waals surface area contributed by atoms with Crippen LogP contribution in [0.25, 0.3) is 23.4 Å². The van der Waals surface area contributed by atoms with E-state index >= 15 is 0 Å². The Labute approximate surface area is 266 Å². The third-order valence-corrected chi connectivity index (χ3v) is 7.37. The van der Waals surface area contributed by atoms with Gasteiger partial charge in [0, 0.05) is 40.0 Å². The van der Waals surface area contributed by atoms with Crippen molar-refractivity contribution in [3.8, 4) is 34.6 Å². The summed E-state index contributed by atoms with van der Waals surface area (Å²) in [4.78, 5) is 16.8. The van der Waals surface area contributed by atoms with Crippen molar-refractivity contribution >= 4 is 41.3 Å². The molecule has 0 aliphatic carbocycles. The number of benzene rings is 4. The number of esters is 1. The normalized spacial score (nSPS) is 10.8. The molecule has 5 rings (SSSR count). The second-order valence-electron chi connectivity index (χ2n) is 9.69. The molecule has 0 amide bonds. The number of halogens is 2. The average Bonchev–Trinajstić information content (AvgIpc) is 3.44. The van der Waals surface area contributed by atoms with Crippen LogP contribution in [0.1, 0.15) is 38.4 Å². The Hall–Kier alpha value is -4.96. The Morgan fingerprint density at radius 3 is 2.25 bits per heavy atom. The standard InChI is InChI=1S/C36H28Cl2N2O4/c1-42-30-15-8-24(9-16-30)4-5-25-10-18-34(43-2)28(20-25)13-19-35-39-33(31-17-14-29(37)21-32(31)38)23-40(35)22-26-6-11-27(12-7-26)36(41)44-3/h6-21,23H,22H2,1-3H3. The molecule has 0 fully saturated rings. The van der Waals surface area contributed by atoms with Gasteiger partial charge in [-0.1, -0.05) is 47.2 Å². The van der Waals surface area contributed by atoms with Crippen LogP contribution in [-0.2, 0) is 11.3 Å². The lowest BCUT2D eigenvalue weighted by atomic mass is 10.1. The van der Waals surface area contributed by atoms with Crippen LogP contribution >= 0.6 is 23.2 Å². The molecule has 0 N–H and O–H groups in total. The molecule has 0 spiro atoms. The molecule has 0 bridgehead atoms. The van der Waals surface area contributed by atoms with Gasteiger partial charge < -0.3 is 18.8 Å². The second-order valence-corrected chi connectivity index (χ2v) is 10.5. The minimum absolute atomic E-state index is 0.382. The van der Waals surface area contributed by atoms with E-state index in [1.54, 1.807) is 38.5 Å². The van der Waals surface area contributed by atoms with Crippen molar-refractivity contribution in [3.05, 3.63) is 135 Å². The summed E-state index contributed by atoms with van der Waals surface area (Å²) in [6.45, 7) is 0.504. The summed E-state index contributed by atoms with van der Waals surface area (Å²) in [7, 11) is 4.63. The lowest BCUT2D eigenvalue weighted by Gasteiger charge is -2.08. The fraction of sp³-hybridized carbons (Fsp3) is 0.111. The van der Waals surface area contributed by atoms with E-state index in [0.29, 0.717) is 39.4 Å². The fourth-order valence-electron chi connectivity index (χ4n) is 4.50. The molecule has 0 aliphatic heterocycles. The quantitative estimate of drug-likeness (QED) is 0.129. The van der Waals surface area contributed by atoms with Gasteiger partial charge in [-0.2, -0.15) is 0 Å². The predicted molar refractivity (Wildman–Crippen MR) is 175 cm³/mol. The summed E-state index contributed by atoms with van der Waals surface area (Å²) >= 11 is 12.7. The van der Waals surface area contributed by atoms with E-state index in [4.69, 9.17) is 42.4 Å². The third-order valence-electron chi connectivity index (χ3n) is 6.83. The summed E-state index contributed by atoms with van der Waals surface area (Å²) < 4.78 is 17.7. The van der Waals surface area contributed by atoms with Crippen LogP contribution in [0.4, 0.5) is 0 Å². The highest BCUT2D eigenvalue weighted by Gasteiger charge is 2.13. The number of rotatable bonds is 8. The number of carbonyl (C=O) groups is 1. The SMILES string of the molecule is COC(=O)c1ccc(Cn2cc(-c3ccc(Cl)cc3Cl)nc2C=Cc2cc(C#Cc3ccc(OC)cc3)ccc2OC)cc1. The topological polar surface area (TPSA) is 62.6 Å². The van der Waals surface area contributed by atoms with Crippen LogP contribution < -0.4 is 9.47 Å². The molecule has 0 unspecified atom stereocenters. The zero-order valence-corrected chi connectivity index (χ0v) is 25.8. The number of hydrogen-bond acceptors (Lipinski definition) is 5. The molecule has 0 saturated heterocycles. The van der Waals surface area contributed by atoms with E-state index in [-0.39, 0.29) is 5.97 Å². The van der Waals surface area contributed by atoms with E-state index in [1.165, 1.54) is 7.11 Å². The maximum atomic E-state index is 11.9. The van der Waals surface area contributed by atoms with Gasteiger partial charge in [-0.25, -0.2) is 9.78 Å². The molecule has 5 aromatic rings. The van der Waals surface area contributed by atoms with Crippen molar-refractivity contribution in [2.75, 3.05) is 21.3 Å². The summed E-state index contributed by atoms with van der Waals surface area (Å²) in [6, 6.07) is 26.0. The molecule has 1 heterocycles. The minimum atomic E-state index is -0.382. The first-order chi connectivity index (χ1) is 21.4. The van der Waals surface area contributed by atoms with E-state index in [0.717, 1.165) is 33.6 Å². The average molecular weight is 624 g/mol. The molecule has 4 aromatic carbocycles. The van der Waals surface area contributed by atoms with Crippen molar-refractivity contribution in [3.63, 3.8) is 0 Å². The van der Waals surface area contributed by atoms with E-state index < -0.39 is 0 Å². The van der Waals surface area contributed by atoms with Gasteiger partial charge >= 0.3 is 5.97 Å². The van der Waals surface area contributed by atoms with Crippen LogP contribution in [0.3, 0.4) is 0 Å². The summed E-state index contributed by atoms with van der Waals surface area (Å²) in [5.74, 6) is 8.22. The largest absolute Gasteiger partial charge is 0.497 e. The highest BCUT2D eigenvalue weighted by molar-refractivity contribution is 6.36. The zero-order chi connectivity index (χ0) is 31.1. The molecule has 0 atom stereocenters. The van der Waals surface area contributed by atoms with Crippen LogP contribution in [0.15, 0.2) is 91.1 Å². The van der Waals surface area contributed by atoms with Gasteiger partial charge in [0.15, 0.2) is 0 Å². The van der Waals surface area contributed by atoms with Crippen LogP contribution in [-0.4, -0.2) is 36.8 Å². The first-order valence-electron chi connectivity index (χ1n) is 13.6. The van der Waals surface area contributed by atoms with Crippen molar-refractivity contribution < 1.29 is 19.0 Å². The second kappa shape index (κ2) is 14.0. The number of carbonyl (C=O) groups excluding carboxylic acids is 1. The Morgan fingerprint density at radius 2 is 1.57 bits per heavy atom. The molecule has 6 nitrogen and oxygen atoms in total.